The summed E-state index contributed by atoms with van der Waals surface area (Å²) < 4.78 is 0. The number of nitrogens with zero attached hydrogens (tertiary/aromatic N) is 1. The minimum atomic E-state index is -0.777. The van der Waals surface area contributed by atoms with Crippen LogP contribution in [0, 0.1) is 5.92 Å². The van der Waals surface area contributed by atoms with Gasteiger partial charge in [0, 0.05) is 16.1 Å². The van der Waals surface area contributed by atoms with Gasteiger partial charge in [0.15, 0.2) is 0 Å². The molecular weight excluding hydrogens is 342 g/mol. The van der Waals surface area contributed by atoms with Crippen LogP contribution in [0.3, 0.4) is 0 Å². The van der Waals surface area contributed by atoms with Gasteiger partial charge in [-0.05, 0) is 42.2 Å². The highest BCUT2D eigenvalue weighted by molar-refractivity contribution is 6.32. The summed E-state index contributed by atoms with van der Waals surface area (Å²) in [5.74, 6) is -1.39. The Bertz CT molecular complexity index is 998. The Balaban J connectivity index is 1.59. The zero-order valence-electron chi connectivity index (χ0n) is 13.0. The van der Waals surface area contributed by atoms with Gasteiger partial charge in [0.25, 0.3) is 5.91 Å². The Kier molecular flexibility index (Phi) is 3.69. The average Bonchev–Trinajstić information content (AvgIpc) is 3.26. The third kappa shape index (κ3) is 2.96. The molecule has 126 valence electrons. The quantitative estimate of drug-likeness (QED) is 0.665. The van der Waals surface area contributed by atoms with Crippen LogP contribution in [-0.2, 0) is 4.79 Å². The molecular formula is C18H14ClN3O3. The fourth-order valence-corrected chi connectivity index (χ4v) is 3.30. The summed E-state index contributed by atoms with van der Waals surface area (Å²) >= 11 is 6.07. The molecule has 1 aliphatic carbocycles. The Morgan fingerprint density at radius 1 is 1.28 bits per heavy atom. The van der Waals surface area contributed by atoms with Gasteiger partial charge in [-0.3, -0.25) is 14.7 Å². The van der Waals surface area contributed by atoms with E-state index >= 15 is 0 Å². The van der Waals surface area contributed by atoms with Crippen molar-refractivity contribution in [3.8, 4) is 0 Å². The fraction of sp³-hybridized carbons (Fsp3) is 0.167. The van der Waals surface area contributed by atoms with E-state index < -0.39 is 5.97 Å². The number of anilines is 1. The van der Waals surface area contributed by atoms with E-state index in [0.717, 1.165) is 5.56 Å². The molecule has 3 N–H and O–H groups in total. The van der Waals surface area contributed by atoms with E-state index in [1.807, 2.05) is 18.2 Å². The van der Waals surface area contributed by atoms with Gasteiger partial charge in [-0.1, -0.05) is 23.7 Å². The topological polar surface area (TPSA) is 95.1 Å². The van der Waals surface area contributed by atoms with E-state index in [1.165, 1.54) is 0 Å². The summed E-state index contributed by atoms with van der Waals surface area (Å²) in [7, 11) is 0. The molecule has 0 spiro atoms. The molecule has 2 aromatic carbocycles. The molecule has 6 nitrogen and oxygen atoms in total. The van der Waals surface area contributed by atoms with Crippen LogP contribution >= 0.6 is 11.6 Å². The number of hydrogen-bond donors (Lipinski definition) is 3. The number of aromatic nitrogens is 2. The molecule has 1 aromatic heterocycles. The lowest BCUT2D eigenvalue weighted by Crippen LogP contribution is -2.12. The Labute approximate surface area is 147 Å². The maximum Gasteiger partial charge on any atom is 0.307 e. The van der Waals surface area contributed by atoms with Crippen LogP contribution in [0.2, 0.25) is 5.02 Å². The number of rotatable bonds is 4. The first-order chi connectivity index (χ1) is 12.0. The third-order valence-corrected chi connectivity index (χ3v) is 4.67. The highest BCUT2D eigenvalue weighted by Gasteiger charge is 2.44. The first kappa shape index (κ1) is 15.7. The Morgan fingerprint density at radius 3 is 2.88 bits per heavy atom. The maximum absolute atomic E-state index is 12.6. The standard InChI is InChI=1S/C18H14ClN3O3/c19-10-5-13(15-8-20-22-16(15)6-10)17(23)21-11-3-1-2-9(4-11)12-7-14(12)18(24)25/h1-6,8,12,14H,7H2,(H,20,22)(H,21,23)(H,24,25)/t12-,14+/m0/s1. The van der Waals surface area contributed by atoms with E-state index in [1.54, 1.807) is 24.4 Å². The number of H-pyrrole nitrogens is 1. The molecule has 1 heterocycles. The molecule has 0 radical (unpaired) electrons. The van der Waals surface area contributed by atoms with Gasteiger partial charge >= 0.3 is 5.97 Å². The Hall–Kier alpha value is -2.86. The normalized spacial score (nSPS) is 18.9. The van der Waals surface area contributed by atoms with Crippen LogP contribution < -0.4 is 5.32 Å². The number of carbonyl (C=O) groups excluding carboxylic acids is 1. The van der Waals surface area contributed by atoms with Gasteiger partial charge in [0.05, 0.1) is 23.2 Å². The lowest BCUT2D eigenvalue weighted by atomic mass is 10.1. The van der Waals surface area contributed by atoms with Crippen LogP contribution in [-0.4, -0.2) is 27.2 Å². The van der Waals surface area contributed by atoms with Crippen molar-refractivity contribution in [3.05, 3.63) is 58.7 Å². The van der Waals surface area contributed by atoms with Crippen molar-refractivity contribution >= 4 is 40.1 Å². The average molecular weight is 356 g/mol. The van der Waals surface area contributed by atoms with E-state index in [9.17, 15) is 9.59 Å². The highest BCUT2D eigenvalue weighted by Crippen LogP contribution is 2.47. The van der Waals surface area contributed by atoms with Gasteiger partial charge < -0.3 is 10.4 Å². The monoisotopic (exact) mass is 355 g/mol. The van der Waals surface area contributed by atoms with Crippen LogP contribution in [0.15, 0.2) is 42.6 Å². The minimum absolute atomic E-state index is 0.0149. The molecule has 7 heteroatoms. The highest BCUT2D eigenvalue weighted by atomic mass is 35.5. The van der Waals surface area contributed by atoms with Crippen LogP contribution in [0.1, 0.15) is 28.3 Å². The van der Waals surface area contributed by atoms with Crippen molar-refractivity contribution in [2.75, 3.05) is 5.32 Å². The van der Waals surface area contributed by atoms with Gasteiger partial charge in [-0.25, -0.2) is 0 Å². The molecule has 0 aliphatic heterocycles. The zero-order chi connectivity index (χ0) is 17.6. The second kappa shape index (κ2) is 5.89. The summed E-state index contributed by atoms with van der Waals surface area (Å²) in [5, 5.41) is 19.8. The predicted molar refractivity (Wildman–Crippen MR) is 94.0 cm³/mol. The number of aliphatic carboxylic acids is 1. The number of carbonyl (C=O) groups is 2. The molecule has 1 saturated carbocycles. The Morgan fingerprint density at radius 2 is 2.12 bits per heavy atom. The van der Waals surface area contributed by atoms with Crippen LogP contribution in [0.4, 0.5) is 5.69 Å². The molecule has 1 amide bonds. The number of halogens is 1. The van der Waals surface area contributed by atoms with Crippen molar-refractivity contribution in [2.24, 2.45) is 5.92 Å². The number of carboxylic acid groups (broad SMARTS) is 1. The fourth-order valence-electron chi connectivity index (χ4n) is 3.09. The first-order valence-corrected chi connectivity index (χ1v) is 8.17. The molecule has 1 fully saturated rings. The molecule has 2 atom stereocenters. The van der Waals surface area contributed by atoms with Gasteiger partial charge in [0.2, 0.25) is 0 Å². The second-order valence-electron chi connectivity index (χ2n) is 6.15. The van der Waals surface area contributed by atoms with E-state index in [4.69, 9.17) is 16.7 Å². The van der Waals surface area contributed by atoms with E-state index in [2.05, 4.69) is 15.5 Å². The summed E-state index contributed by atoms with van der Waals surface area (Å²) in [4.78, 5) is 23.7. The molecule has 0 bridgehead atoms. The van der Waals surface area contributed by atoms with Crippen molar-refractivity contribution in [1.29, 1.82) is 0 Å². The van der Waals surface area contributed by atoms with Crippen molar-refractivity contribution < 1.29 is 14.7 Å². The van der Waals surface area contributed by atoms with E-state index in [0.29, 0.717) is 33.6 Å². The molecule has 4 rings (SSSR count). The summed E-state index contributed by atoms with van der Waals surface area (Å²) in [5.41, 5.74) is 2.66. The predicted octanol–water partition coefficient (Wildman–Crippen LogP) is 3.66. The number of aromatic amines is 1. The maximum atomic E-state index is 12.6. The number of hydrogen-bond acceptors (Lipinski definition) is 3. The summed E-state index contributed by atoms with van der Waals surface area (Å²) in [6.45, 7) is 0. The molecule has 3 aromatic rings. The molecule has 1 aliphatic rings. The summed E-state index contributed by atoms with van der Waals surface area (Å²) in [6, 6.07) is 10.6. The van der Waals surface area contributed by atoms with Crippen molar-refractivity contribution in [2.45, 2.75) is 12.3 Å². The smallest absolute Gasteiger partial charge is 0.307 e. The van der Waals surface area contributed by atoms with Gasteiger partial charge in [0.1, 0.15) is 0 Å². The third-order valence-electron chi connectivity index (χ3n) is 4.45. The molecule has 25 heavy (non-hydrogen) atoms. The first-order valence-electron chi connectivity index (χ1n) is 7.79. The summed E-state index contributed by atoms with van der Waals surface area (Å²) in [6.07, 6.45) is 2.22. The largest absolute Gasteiger partial charge is 0.481 e. The minimum Gasteiger partial charge on any atom is -0.481 e. The van der Waals surface area contributed by atoms with Crippen molar-refractivity contribution in [1.82, 2.24) is 10.2 Å². The van der Waals surface area contributed by atoms with Gasteiger partial charge in [-0.2, -0.15) is 5.10 Å². The van der Waals surface area contributed by atoms with Crippen LogP contribution in [0.25, 0.3) is 10.9 Å². The van der Waals surface area contributed by atoms with Crippen LogP contribution in [0.5, 0.6) is 0 Å². The lowest BCUT2D eigenvalue weighted by Gasteiger charge is -2.08. The molecule has 0 saturated heterocycles. The number of fused-ring (bicyclic) bond motifs is 1. The molecule has 0 unspecified atom stereocenters. The number of benzene rings is 2. The lowest BCUT2D eigenvalue weighted by molar-refractivity contribution is -0.138. The number of nitrogens with one attached hydrogen (secondary N) is 2. The zero-order valence-corrected chi connectivity index (χ0v) is 13.7. The number of carboxylic acids is 1. The van der Waals surface area contributed by atoms with E-state index in [-0.39, 0.29) is 17.7 Å². The number of amides is 1. The van der Waals surface area contributed by atoms with Gasteiger partial charge in [-0.15, -0.1) is 0 Å². The second-order valence-corrected chi connectivity index (χ2v) is 6.59. The van der Waals surface area contributed by atoms with Crippen molar-refractivity contribution in [3.63, 3.8) is 0 Å². The SMILES string of the molecule is O=C(Nc1cccc([C@@H]2C[C@H]2C(=O)O)c1)c1cc(Cl)cc2[nH]ncc12.